The van der Waals surface area contributed by atoms with Gasteiger partial charge in [0.15, 0.2) is 0 Å². The van der Waals surface area contributed by atoms with E-state index in [0.717, 1.165) is 6.42 Å². The van der Waals surface area contributed by atoms with Gasteiger partial charge in [-0.25, -0.2) is 0 Å². The molecule has 4 heteroatoms. The fourth-order valence-electron chi connectivity index (χ4n) is 1.60. The van der Waals surface area contributed by atoms with Gasteiger partial charge in [-0.2, -0.15) is 0 Å². The van der Waals surface area contributed by atoms with E-state index in [1.165, 1.54) is 0 Å². The lowest BCUT2D eigenvalue weighted by Gasteiger charge is -2.32. The molecular weight excluding hydrogens is 302 g/mol. The lowest BCUT2D eigenvalue weighted by atomic mass is 9.80. The number of alkyl halides is 1. The predicted octanol–water partition coefficient (Wildman–Crippen LogP) is 3.47. The molecule has 0 bridgehead atoms. The maximum absolute atomic E-state index is 6.00. The van der Waals surface area contributed by atoms with Crippen molar-refractivity contribution in [2.75, 3.05) is 0 Å². The van der Waals surface area contributed by atoms with E-state index in [1.54, 1.807) is 0 Å². The monoisotopic (exact) mass is 324 g/mol. The van der Waals surface area contributed by atoms with Crippen molar-refractivity contribution >= 4 is 29.7 Å². The molecule has 0 N–H and O–H groups in total. The van der Waals surface area contributed by atoms with Crippen molar-refractivity contribution in [1.29, 1.82) is 0 Å². The molecule has 1 saturated heterocycles. The van der Waals surface area contributed by atoms with Crippen molar-refractivity contribution in [3.8, 4) is 0 Å². The van der Waals surface area contributed by atoms with Crippen LogP contribution in [-0.4, -0.2) is 22.1 Å². The van der Waals surface area contributed by atoms with Gasteiger partial charge in [-0.15, -0.1) is 0 Å². The second-order valence-corrected chi connectivity index (χ2v) is 7.37. The molecule has 0 amide bonds. The third kappa shape index (κ3) is 3.10. The Kier molecular flexibility index (Phi) is 4.16. The first kappa shape index (κ1) is 13.8. The maximum atomic E-state index is 6.00. The molecule has 1 atom stereocenters. The largest absolute Gasteiger partial charge is 0.471 e. The van der Waals surface area contributed by atoms with Gasteiger partial charge < -0.3 is 9.31 Å². The third-order valence-electron chi connectivity index (χ3n) is 3.26. The molecule has 2 nitrogen and oxygen atoms in total. The predicted molar refractivity (Wildman–Crippen MR) is 73.3 cm³/mol. The summed E-state index contributed by atoms with van der Waals surface area (Å²) in [6.45, 7) is 12.9. The van der Waals surface area contributed by atoms with Gasteiger partial charge in [-0.05, 0) is 40.0 Å². The van der Waals surface area contributed by atoms with Gasteiger partial charge in [-0.3, -0.25) is 0 Å². The Morgan fingerprint density at radius 1 is 1.07 bits per heavy atom. The summed E-state index contributed by atoms with van der Waals surface area (Å²) in [6, 6.07) is 0. The second kappa shape index (κ2) is 4.53. The zero-order valence-electron chi connectivity index (χ0n) is 10.6. The Bertz CT molecular complexity index is 213. The first-order chi connectivity index (χ1) is 6.66. The van der Waals surface area contributed by atoms with Crippen LogP contribution in [0.4, 0.5) is 0 Å². The Morgan fingerprint density at radius 3 is 1.80 bits per heavy atom. The molecule has 1 fully saturated rings. The quantitative estimate of drug-likeness (QED) is 0.450. The van der Waals surface area contributed by atoms with Gasteiger partial charge in [0, 0.05) is 3.82 Å². The van der Waals surface area contributed by atoms with Crippen LogP contribution in [0.5, 0.6) is 0 Å². The van der Waals surface area contributed by atoms with Gasteiger partial charge in [-0.1, -0.05) is 36.4 Å². The van der Waals surface area contributed by atoms with E-state index >= 15 is 0 Å². The molecule has 0 spiro atoms. The first-order valence-corrected chi connectivity index (χ1v) is 6.90. The van der Waals surface area contributed by atoms with E-state index in [2.05, 4.69) is 64.1 Å². The molecule has 0 aromatic rings. The van der Waals surface area contributed by atoms with Crippen LogP contribution >= 0.6 is 22.6 Å². The van der Waals surface area contributed by atoms with E-state index in [4.69, 9.17) is 9.31 Å². The summed E-state index contributed by atoms with van der Waals surface area (Å²) < 4.78 is 12.4. The van der Waals surface area contributed by atoms with Crippen LogP contribution < -0.4 is 0 Å². The van der Waals surface area contributed by atoms with E-state index in [-0.39, 0.29) is 18.3 Å². The van der Waals surface area contributed by atoms with Crippen LogP contribution in [0.25, 0.3) is 0 Å². The van der Waals surface area contributed by atoms with Crippen molar-refractivity contribution in [2.45, 2.75) is 63.0 Å². The van der Waals surface area contributed by atoms with Gasteiger partial charge in [0.05, 0.1) is 11.2 Å². The smallest absolute Gasteiger partial charge is 0.403 e. The highest BCUT2D eigenvalue weighted by molar-refractivity contribution is 14.1. The van der Waals surface area contributed by atoms with E-state index in [1.807, 2.05) is 0 Å². The summed E-state index contributed by atoms with van der Waals surface area (Å²) in [6.07, 6.45) is 1.14. The lowest BCUT2D eigenvalue weighted by molar-refractivity contribution is 0.00578. The Morgan fingerprint density at radius 2 is 1.47 bits per heavy atom. The molecule has 0 unspecified atom stereocenters. The van der Waals surface area contributed by atoms with Crippen molar-refractivity contribution in [1.82, 2.24) is 0 Å². The van der Waals surface area contributed by atoms with Gasteiger partial charge >= 0.3 is 7.12 Å². The molecule has 0 aromatic carbocycles. The van der Waals surface area contributed by atoms with Crippen molar-refractivity contribution in [2.24, 2.45) is 5.92 Å². The highest BCUT2D eigenvalue weighted by Crippen LogP contribution is 2.39. The van der Waals surface area contributed by atoms with Crippen molar-refractivity contribution < 1.29 is 9.31 Å². The minimum Gasteiger partial charge on any atom is -0.403 e. The topological polar surface area (TPSA) is 18.5 Å². The second-order valence-electron chi connectivity index (χ2n) is 5.77. The molecule has 1 aliphatic rings. The summed E-state index contributed by atoms with van der Waals surface area (Å²) in [7, 11) is -0.0574. The summed E-state index contributed by atoms with van der Waals surface area (Å²) in [5.41, 5.74) is -0.393. The zero-order chi connectivity index (χ0) is 11.9. The normalized spacial score (nSPS) is 26.0. The van der Waals surface area contributed by atoms with Crippen molar-refractivity contribution in [3.05, 3.63) is 0 Å². The molecule has 1 rings (SSSR count). The summed E-state index contributed by atoms with van der Waals surface area (Å²) in [5, 5.41) is 0. The van der Waals surface area contributed by atoms with Crippen LogP contribution in [0.3, 0.4) is 0 Å². The average molecular weight is 324 g/mol. The minimum absolute atomic E-state index is 0.0574. The summed E-state index contributed by atoms with van der Waals surface area (Å²) in [5.74, 6) is 0.686. The summed E-state index contributed by atoms with van der Waals surface area (Å²) in [4.78, 5) is 0. The van der Waals surface area contributed by atoms with E-state index in [0.29, 0.717) is 9.74 Å². The van der Waals surface area contributed by atoms with Crippen LogP contribution in [0.15, 0.2) is 0 Å². The lowest BCUT2D eigenvalue weighted by Crippen LogP contribution is -2.41. The minimum atomic E-state index is -0.196. The number of hydrogen-bond donors (Lipinski definition) is 0. The number of hydrogen-bond acceptors (Lipinski definition) is 2. The fraction of sp³-hybridized carbons (Fsp3) is 1.00. The Labute approximate surface area is 108 Å². The highest BCUT2D eigenvalue weighted by atomic mass is 127. The average Bonchev–Trinajstić information content (AvgIpc) is 2.20. The standard InChI is InChI=1S/C11H22BIO2/c1-8(2)7-9(13)12-14-10(3,4)11(5,6)15-12/h8-9H,7H2,1-6H3/t9-/m1/s1. The SMILES string of the molecule is CC(C)C[C@@H](I)B1OC(C)(C)C(C)(C)O1. The van der Waals surface area contributed by atoms with Gasteiger partial charge in [0.25, 0.3) is 0 Å². The molecule has 0 radical (unpaired) electrons. The highest BCUT2D eigenvalue weighted by Gasteiger charge is 2.53. The Hall–Kier alpha value is 0.715. The molecule has 0 aromatic heterocycles. The third-order valence-corrected chi connectivity index (χ3v) is 4.36. The molecular formula is C11H22BIO2. The van der Waals surface area contributed by atoms with Crippen molar-refractivity contribution in [3.63, 3.8) is 0 Å². The fourth-order valence-corrected chi connectivity index (χ4v) is 2.91. The maximum Gasteiger partial charge on any atom is 0.471 e. The van der Waals surface area contributed by atoms with E-state index in [9.17, 15) is 0 Å². The molecule has 88 valence electrons. The molecule has 1 aliphatic heterocycles. The number of rotatable bonds is 3. The van der Waals surface area contributed by atoms with Gasteiger partial charge in [0.2, 0.25) is 0 Å². The van der Waals surface area contributed by atoms with Crippen LogP contribution in [0.2, 0.25) is 0 Å². The van der Waals surface area contributed by atoms with Crippen LogP contribution in [-0.2, 0) is 9.31 Å². The summed E-state index contributed by atoms with van der Waals surface area (Å²) >= 11 is 2.44. The molecule has 15 heavy (non-hydrogen) atoms. The van der Waals surface area contributed by atoms with Gasteiger partial charge in [0.1, 0.15) is 0 Å². The zero-order valence-corrected chi connectivity index (χ0v) is 12.8. The van der Waals surface area contributed by atoms with Crippen LogP contribution in [0.1, 0.15) is 48.0 Å². The molecule has 1 heterocycles. The molecule has 0 aliphatic carbocycles. The first-order valence-electron chi connectivity index (χ1n) is 5.65. The number of halogens is 1. The molecule has 0 saturated carbocycles. The Balaban J connectivity index is 2.62. The van der Waals surface area contributed by atoms with E-state index < -0.39 is 0 Å². The van der Waals surface area contributed by atoms with Crippen LogP contribution in [0, 0.1) is 5.92 Å².